The number of hydrogen-bond donors (Lipinski definition) is 1. The molecule has 5 heteroatoms. The minimum Gasteiger partial charge on any atom is -0.376 e. The van der Waals surface area contributed by atoms with E-state index in [1.165, 1.54) is 4.88 Å². The van der Waals surface area contributed by atoms with E-state index in [-0.39, 0.29) is 6.04 Å². The third kappa shape index (κ3) is 3.04. The summed E-state index contributed by atoms with van der Waals surface area (Å²) in [6.45, 7) is 6.23. The molecule has 17 heavy (non-hydrogen) atoms. The molecule has 0 spiro atoms. The molecule has 3 nitrogen and oxygen atoms in total. The van der Waals surface area contributed by atoms with Gasteiger partial charge in [-0.25, -0.2) is 4.98 Å². The molecule has 0 amide bonds. The van der Waals surface area contributed by atoms with Gasteiger partial charge in [0.25, 0.3) is 0 Å². The minimum atomic E-state index is 0.247. The number of halogens is 1. The SMILES string of the molecule is Cc1nc(C)c(C(C)Nc2cncc(Br)c2)s1. The average Bonchev–Trinajstić information content (AvgIpc) is 2.58. The van der Waals surface area contributed by atoms with Crippen LogP contribution in [0.25, 0.3) is 0 Å². The zero-order valence-electron chi connectivity index (χ0n) is 9.99. The van der Waals surface area contributed by atoms with Crippen LogP contribution in [0.4, 0.5) is 5.69 Å². The Bertz CT molecular complexity index is 524. The highest BCUT2D eigenvalue weighted by Gasteiger charge is 2.12. The van der Waals surface area contributed by atoms with Crippen molar-refractivity contribution in [2.75, 3.05) is 5.32 Å². The van der Waals surface area contributed by atoms with Gasteiger partial charge in [0.15, 0.2) is 0 Å². The van der Waals surface area contributed by atoms with Gasteiger partial charge in [-0.05, 0) is 42.8 Å². The summed E-state index contributed by atoms with van der Waals surface area (Å²) in [5.41, 5.74) is 2.12. The van der Waals surface area contributed by atoms with Gasteiger partial charge in [0.1, 0.15) is 0 Å². The molecular weight excluding hydrogens is 298 g/mol. The Morgan fingerprint density at radius 1 is 1.35 bits per heavy atom. The second-order valence-corrected chi connectivity index (χ2v) is 6.09. The fourth-order valence-electron chi connectivity index (χ4n) is 1.76. The van der Waals surface area contributed by atoms with Gasteiger partial charge in [-0.15, -0.1) is 11.3 Å². The van der Waals surface area contributed by atoms with E-state index in [1.54, 1.807) is 17.5 Å². The Morgan fingerprint density at radius 2 is 2.12 bits per heavy atom. The van der Waals surface area contributed by atoms with E-state index in [0.717, 1.165) is 20.9 Å². The van der Waals surface area contributed by atoms with Gasteiger partial charge < -0.3 is 5.32 Å². The van der Waals surface area contributed by atoms with Crippen LogP contribution >= 0.6 is 27.3 Å². The number of pyridine rings is 1. The Kier molecular flexibility index (Phi) is 3.79. The molecular formula is C12H14BrN3S. The van der Waals surface area contributed by atoms with Crippen LogP contribution in [0.2, 0.25) is 0 Å². The van der Waals surface area contributed by atoms with Gasteiger partial charge in [0, 0.05) is 15.5 Å². The average molecular weight is 312 g/mol. The van der Waals surface area contributed by atoms with Crippen molar-refractivity contribution in [2.24, 2.45) is 0 Å². The van der Waals surface area contributed by atoms with Crippen molar-refractivity contribution in [3.8, 4) is 0 Å². The van der Waals surface area contributed by atoms with E-state index in [2.05, 4.69) is 45.1 Å². The summed E-state index contributed by atoms with van der Waals surface area (Å²) >= 11 is 5.15. The molecule has 0 aromatic carbocycles. The van der Waals surface area contributed by atoms with E-state index in [1.807, 2.05) is 19.2 Å². The highest BCUT2D eigenvalue weighted by atomic mass is 79.9. The van der Waals surface area contributed by atoms with E-state index in [0.29, 0.717) is 0 Å². The van der Waals surface area contributed by atoms with Crippen LogP contribution in [0.1, 0.15) is 28.5 Å². The van der Waals surface area contributed by atoms with Crippen LogP contribution in [0.5, 0.6) is 0 Å². The predicted molar refractivity (Wildman–Crippen MR) is 75.6 cm³/mol. The maximum Gasteiger partial charge on any atom is 0.0900 e. The second-order valence-electron chi connectivity index (χ2n) is 3.94. The number of nitrogens with one attached hydrogen (secondary N) is 1. The van der Waals surface area contributed by atoms with Crippen LogP contribution < -0.4 is 5.32 Å². The van der Waals surface area contributed by atoms with Crippen molar-refractivity contribution in [3.05, 3.63) is 38.5 Å². The number of aryl methyl sites for hydroxylation is 2. The van der Waals surface area contributed by atoms with E-state index < -0.39 is 0 Å². The van der Waals surface area contributed by atoms with Crippen molar-refractivity contribution in [2.45, 2.75) is 26.8 Å². The zero-order valence-corrected chi connectivity index (χ0v) is 12.4. The fraction of sp³-hybridized carbons (Fsp3) is 0.333. The molecule has 0 aliphatic rings. The van der Waals surface area contributed by atoms with Crippen molar-refractivity contribution >= 4 is 33.0 Å². The predicted octanol–water partition coefficient (Wildman–Crippen LogP) is 4.09. The van der Waals surface area contributed by atoms with Gasteiger partial charge in [-0.2, -0.15) is 0 Å². The molecule has 0 aliphatic heterocycles. The molecule has 2 aromatic rings. The quantitative estimate of drug-likeness (QED) is 0.927. The molecule has 0 saturated carbocycles. The second kappa shape index (κ2) is 5.14. The third-order valence-electron chi connectivity index (χ3n) is 2.42. The molecule has 0 radical (unpaired) electrons. The van der Waals surface area contributed by atoms with Gasteiger partial charge in [-0.3, -0.25) is 4.98 Å². The smallest absolute Gasteiger partial charge is 0.0900 e. The van der Waals surface area contributed by atoms with Crippen LogP contribution in [0.3, 0.4) is 0 Å². The number of hydrogen-bond acceptors (Lipinski definition) is 4. The highest BCUT2D eigenvalue weighted by Crippen LogP contribution is 2.27. The van der Waals surface area contributed by atoms with Crippen molar-refractivity contribution in [1.82, 2.24) is 9.97 Å². The Morgan fingerprint density at radius 3 is 2.71 bits per heavy atom. The lowest BCUT2D eigenvalue weighted by Crippen LogP contribution is -2.06. The molecule has 1 N–H and O–H groups in total. The van der Waals surface area contributed by atoms with Crippen molar-refractivity contribution < 1.29 is 0 Å². The molecule has 1 unspecified atom stereocenters. The molecule has 2 aromatic heterocycles. The minimum absolute atomic E-state index is 0.247. The maximum absolute atomic E-state index is 4.44. The van der Waals surface area contributed by atoms with E-state index >= 15 is 0 Å². The Balaban J connectivity index is 2.16. The van der Waals surface area contributed by atoms with Crippen molar-refractivity contribution in [1.29, 1.82) is 0 Å². The Hall–Kier alpha value is -0.940. The molecule has 0 aliphatic carbocycles. The van der Waals surface area contributed by atoms with Gasteiger partial charge in [0.05, 0.1) is 28.6 Å². The number of thiazole rings is 1. The summed E-state index contributed by atoms with van der Waals surface area (Å²) in [5.74, 6) is 0. The lowest BCUT2D eigenvalue weighted by Gasteiger charge is -2.14. The first-order valence-electron chi connectivity index (χ1n) is 5.37. The number of aromatic nitrogens is 2. The van der Waals surface area contributed by atoms with Crippen molar-refractivity contribution in [3.63, 3.8) is 0 Å². The lowest BCUT2D eigenvalue weighted by molar-refractivity contribution is 0.887. The summed E-state index contributed by atoms with van der Waals surface area (Å²) in [6.07, 6.45) is 3.60. The molecule has 90 valence electrons. The van der Waals surface area contributed by atoms with Crippen LogP contribution in [-0.2, 0) is 0 Å². The zero-order chi connectivity index (χ0) is 12.4. The molecule has 0 saturated heterocycles. The standard InChI is InChI=1S/C12H14BrN3S/c1-7-12(17-9(3)15-7)8(2)16-11-4-10(13)5-14-6-11/h4-6,8,16H,1-3H3. The van der Waals surface area contributed by atoms with E-state index in [4.69, 9.17) is 0 Å². The largest absolute Gasteiger partial charge is 0.376 e. The van der Waals surface area contributed by atoms with Crippen LogP contribution in [0, 0.1) is 13.8 Å². The molecule has 1 atom stereocenters. The summed E-state index contributed by atoms with van der Waals surface area (Å²) in [7, 11) is 0. The molecule has 0 fully saturated rings. The highest BCUT2D eigenvalue weighted by molar-refractivity contribution is 9.10. The van der Waals surface area contributed by atoms with Gasteiger partial charge in [-0.1, -0.05) is 0 Å². The van der Waals surface area contributed by atoms with Gasteiger partial charge in [0.2, 0.25) is 0 Å². The third-order valence-corrected chi connectivity index (χ3v) is 4.11. The summed E-state index contributed by atoms with van der Waals surface area (Å²) in [4.78, 5) is 9.86. The number of nitrogens with zero attached hydrogens (tertiary/aromatic N) is 2. The van der Waals surface area contributed by atoms with E-state index in [9.17, 15) is 0 Å². The first-order valence-corrected chi connectivity index (χ1v) is 6.98. The van der Waals surface area contributed by atoms with Gasteiger partial charge >= 0.3 is 0 Å². The summed E-state index contributed by atoms with van der Waals surface area (Å²) in [6, 6.07) is 2.27. The molecule has 2 heterocycles. The summed E-state index contributed by atoms with van der Waals surface area (Å²) < 4.78 is 0.979. The monoisotopic (exact) mass is 311 g/mol. The first-order chi connectivity index (χ1) is 8.06. The fourth-order valence-corrected chi connectivity index (χ4v) is 3.05. The number of rotatable bonds is 3. The lowest BCUT2D eigenvalue weighted by atomic mass is 10.2. The molecule has 2 rings (SSSR count). The normalized spacial score (nSPS) is 12.5. The first kappa shape index (κ1) is 12.5. The summed E-state index contributed by atoms with van der Waals surface area (Å²) in [5, 5.41) is 4.54. The topological polar surface area (TPSA) is 37.8 Å². The maximum atomic E-state index is 4.44. The number of anilines is 1. The molecule has 0 bridgehead atoms. The van der Waals surface area contributed by atoms with Crippen LogP contribution in [-0.4, -0.2) is 9.97 Å². The Labute approximate surface area is 113 Å². The van der Waals surface area contributed by atoms with Crippen LogP contribution in [0.15, 0.2) is 22.9 Å².